The molecule has 5 nitrogen and oxygen atoms in total. The van der Waals surface area contributed by atoms with Crippen molar-refractivity contribution >= 4 is 5.91 Å². The Morgan fingerprint density at radius 2 is 1.88 bits per heavy atom. The fraction of sp³-hybridized carbons (Fsp3) is 0.667. The van der Waals surface area contributed by atoms with Crippen molar-refractivity contribution in [1.82, 2.24) is 4.90 Å². The van der Waals surface area contributed by atoms with E-state index in [2.05, 4.69) is 11.0 Å². The Morgan fingerprint density at radius 3 is 2.54 bits per heavy atom. The van der Waals surface area contributed by atoms with Gasteiger partial charge in [-0.05, 0) is 43.4 Å². The smallest absolute Gasteiger partial charge is 0.228 e. The number of ether oxygens (including phenoxy) is 3. The molecule has 1 aromatic carbocycles. The summed E-state index contributed by atoms with van der Waals surface area (Å²) in [6.45, 7) is 2.05. The molecule has 1 saturated heterocycles. The topological polar surface area (TPSA) is 48.0 Å². The number of nitrogens with zero attached hydrogens (tertiary/aromatic N) is 1. The molecule has 0 bridgehead atoms. The summed E-state index contributed by atoms with van der Waals surface area (Å²) in [6, 6.07) is 6.40. The summed E-state index contributed by atoms with van der Waals surface area (Å²) in [4.78, 5) is 15.2. The minimum atomic E-state index is 0.0438. The summed E-state index contributed by atoms with van der Waals surface area (Å²) < 4.78 is 16.2. The first kappa shape index (κ1) is 19.0. The third-order valence-electron chi connectivity index (χ3n) is 5.67. The van der Waals surface area contributed by atoms with Crippen LogP contribution in [-0.4, -0.2) is 50.8 Å². The van der Waals surface area contributed by atoms with Crippen LogP contribution in [0.25, 0.3) is 0 Å². The maximum atomic E-state index is 13.1. The van der Waals surface area contributed by atoms with E-state index in [1.807, 2.05) is 12.1 Å². The molecule has 3 rings (SSSR count). The van der Waals surface area contributed by atoms with Gasteiger partial charge in [0.05, 0.1) is 26.7 Å². The lowest BCUT2D eigenvalue weighted by Crippen LogP contribution is -2.45. The third-order valence-corrected chi connectivity index (χ3v) is 5.67. The Bertz CT molecular complexity index is 592. The van der Waals surface area contributed by atoms with E-state index in [0.29, 0.717) is 19.3 Å². The van der Waals surface area contributed by atoms with E-state index in [4.69, 9.17) is 14.2 Å². The minimum absolute atomic E-state index is 0.0438. The normalized spacial score (nSPS) is 20.8. The van der Waals surface area contributed by atoms with Gasteiger partial charge in [0.1, 0.15) is 0 Å². The Labute approximate surface area is 156 Å². The van der Waals surface area contributed by atoms with Crippen LogP contribution in [0.3, 0.4) is 0 Å². The molecule has 1 aromatic rings. The van der Waals surface area contributed by atoms with E-state index in [0.717, 1.165) is 43.7 Å². The molecule has 0 aromatic heterocycles. The second-order valence-corrected chi connectivity index (χ2v) is 7.32. The fourth-order valence-electron chi connectivity index (χ4n) is 4.11. The van der Waals surface area contributed by atoms with Crippen LogP contribution >= 0.6 is 0 Å². The molecule has 2 aliphatic rings. The second-order valence-electron chi connectivity index (χ2n) is 7.32. The summed E-state index contributed by atoms with van der Waals surface area (Å²) in [5.74, 6) is 1.81. The third kappa shape index (κ3) is 4.50. The van der Waals surface area contributed by atoms with Crippen molar-refractivity contribution in [2.24, 2.45) is 5.92 Å². The van der Waals surface area contributed by atoms with Crippen molar-refractivity contribution in [2.45, 2.75) is 51.0 Å². The molecule has 2 fully saturated rings. The van der Waals surface area contributed by atoms with Crippen molar-refractivity contribution in [3.63, 3.8) is 0 Å². The molecule has 1 heterocycles. The Balaban J connectivity index is 1.69. The van der Waals surface area contributed by atoms with Gasteiger partial charge in [0.15, 0.2) is 11.5 Å². The maximum absolute atomic E-state index is 13.1. The lowest BCUT2D eigenvalue weighted by atomic mass is 9.92. The van der Waals surface area contributed by atoms with Gasteiger partial charge in [-0.1, -0.05) is 25.3 Å². The lowest BCUT2D eigenvalue weighted by molar-refractivity contribution is -0.138. The minimum Gasteiger partial charge on any atom is -0.493 e. The van der Waals surface area contributed by atoms with E-state index in [-0.39, 0.29) is 11.8 Å². The highest BCUT2D eigenvalue weighted by Gasteiger charge is 2.32. The summed E-state index contributed by atoms with van der Waals surface area (Å²) in [5.41, 5.74) is 1.17. The van der Waals surface area contributed by atoms with Gasteiger partial charge in [0.2, 0.25) is 5.91 Å². The van der Waals surface area contributed by atoms with Crippen LogP contribution in [0, 0.1) is 5.92 Å². The van der Waals surface area contributed by atoms with Gasteiger partial charge in [-0.15, -0.1) is 0 Å². The van der Waals surface area contributed by atoms with Crippen LogP contribution in [0.1, 0.15) is 44.1 Å². The molecular weight excluding hydrogens is 330 g/mol. The Kier molecular flexibility index (Phi) is 6.78. The van der Waals surface area contributed by atoms with Gasteiger partial charge in [0, 0.05) is 19.2 Å². The van der Waals surface area contributed by atoms with Gasteiger partial charge >= 0.3 is 0 Å². The average molecular weight is 361 g/mol. The monoisotopic (exact) mass is 361 g/mol. The van der Waals surface area contributed by atoms with Crippen molar-refractivity contribution in [3.8, 4) is 11.5 Å². The number of hydrogen-bond acceptors (Lipinski definition) is 4. The first-order valence-electron chi connectivity index (χ1n) is 9.82. The molecule has 1 saturated carbocycles. The number of methoxy groups -OCH3 is 2. The predicted octanol–water partition coefficient (Wildman–Crippen LogP) is 3.44. The first-order valence-corrected chi connectivity index (χ1v) is 9.82. The van der Waals surface area contributed by atoms with Gasteiger partial charge in [-0.25, -0.2) is 0 Å². The van der Waals surface area contributed by atoms with Gasteiger partial charge < -0.3 is 19.1 Å². The molecule has 26 heavy (non-hydrogen) atoms. The molecule has 1 amide bonds. The molecule has 1 aliphatic heterocycles. The van der Waals surface area contributed by atoms with Crippen LogP contribution in [-0.2, 0) is 16.0 Å². The highest BCUT2D eigenvalue weighted by Crippen LogP contribution is 2.29. The Hall–Kier alpha value is -1.75. The van der Waals surface area contributed by atoms with Crippen molar-refractivity contribution < 1.29 is 19.0 Å². The molecule has 1 unspecified atom stereocenters. The van der Waals surface area contributed by atoms with Gasteiger partial charge in [-0.3, -0.25) is 4.79 Å². The van der Waals surface area contributed by atoms with Crippen LogP contribution in [0.5, 0.6) is 11.5 Å². The van der Waals surface area contributed by atoms with Crippen LogP contribution < -0.4 is 9.47 Å². The largest absolute Gasteiger partial charge is 0.493 e. The second kappa shape index (κ2) is 9.26. The van der Waals surface area contributed by atoms with Crippen molar-refractivity contribution in [2.75, 3.05) is 34.0 Å². The van der Waals surface area contributed by atoms with Gasteiger partial charge in [-0.2, -0.15) is 0 Å². The molecule has 0 N–H and O–H groups in total. The summed E-state index contributed by atoms with van der Waals surface area (Å²) in [6.07, 6.45) is 7.70. The lowest BCUT2D eigenvalue weighted by Gasteiger charge is -2.36. The molecule has 1 aliphatic carbocycles. The van der Waals surface area contributed by atoms with E-state index in [1.165, 1.54) is 24.8 Å². The summed E-state index contributed by atoms with van der Waals surface area (Å²) >= 11 is 0. The zero-order valence-corrected chi connectivity index (χ0v) is 16.0. The van der Waals surface area contributed by atoms with Gasteiger partial charge in [0.25, 0.3) is 0 Å². The number of carbonyl (C=O) groups is 1. The van der Waals surface area contributed by atoms with E-state index in [1.54, 1.807) is 14.2 Å². The van der Waals surface area contributed by atoms with Crippen molar-refractivity contribution in [3.05, 3.63) is 23.8 Å². The highest BCUT2D eigenvalue weighted by molar-refractivity contribution is 5.79. The summed E-state index contributed by atoms with van der Waals surface area (Å²) in [5, 5.41) is 0. The fourth-order valence-corrected chi connectivity index (χ4v) is 4.11. The van der Waals surface area contributed by atoms with E-state index >= 15 is 0 Å². The zero-order chi connectivity index (χ0) is 18.4. The van der Waals surface area contributed by atoms with Crippen LogP contribution in [0.2, 0.25) is 0 Å². The van der Waals surface area contributed by atoms with Crippen LogP contribution in [0.4, 0.5) is 0 Å². The number of benzene rings is 1. The van der Waals surface area contributed by atoms with Crippen LogP contribution in [0.15, 0.2) is 18.2 Å². The Morgan fingerprint density at radius 1 is 1.12 bits per heavy atom. The predicted molar refractivity (Wildman–Crippen MR) is 101 cm³/mol. The number of rotatable bonds is 7. The SMILES string of the molecule is COc1ccc(CCN(C(=O)C2CCOC2)C2CCCCC2)cc1OC. The summed E-state index contributed by atoms with van der Waals surface area (Å²) in [7, 11) is 3.30. The molecular formula is C21H31NO4. The number of hydrogen-bond donors (Lipinski definition) is 0. The zero-order valence-electron chi connectivity index (χ0n) is 16.0. The quantitative estimate of drug-likeness (QED) is 0.746. The number of carbonyl (C=O) groups excluding carboxylic acids is 1. The molecule has 144 valence electrons. The maximum Gasteiger partial charge on any atom is 0.228 e. The molecule has 5 heteroatoms. The molecule has 0 radical (unpaired) electrons. The van der Waals surface area contributed by atoms with E-state index < -0.39 is 0 Å². The molecule has 1 atom stereocenters. The van der Waals surface area contributed by atoms with Crippen molar-refractivity contribution in [1.29, 1.82) is 0 Å². The van der Waals surface area contributed by atoms with E-state index in [9.17, 15) is 4.79 Å². The highest BCUT2D eigenvalue weighted by atomic mass is 16.5. The average Bonchev–Trinajstić information content (AvgIpc) is 3.23. The molecule has 0 spiro atoms. The number of amides is 1. The standard InChI is InChI=1S/C21H31NO4/c1-24-19-9-8-16(14-20(19)25-2)10-12-22(18-6-4-3-5-7-18)21(23)17-11-13-26-15-17/h8-9,14,17-18H,3-7,10-13,15H2,1-2H3. The first-order chi connectivity index (χ1) is 12.7.